The third kappa shape index (κ3) is 3.81. The number of pyridine rings is 1. The van der Waals surface area contributed by atoms with Crippen molar-refractivity contribution in [3.05, 3.63) is 56.2 Å². The van der Waals surface area contributed by atoms with Crippen LogP contribution in [0.1, 0.15) is 28.7 Å². The molecular formula is C16H14Br2N2O2. The Morgan fingerprint density at radius 2 is 1.77 bits per heavy atom. The highest BCUT2D eigenvalue weighted by atomic mass is 79.9. The molecule has 0 fully saturated rings. The molecule has 0 unspecified atom stereocenters. The summed E-state index contributed by atoms with van der Waals surface area (Å²) in [4.78, 5) is 20.4. The van der Waals surface area contributed by atoms with Gasteiger partial charge in [0.05, 0.1) is 24.2 Å². The minimum atomic E-state index is -0.465. The molecule has 0 saturated heterocycles. The standard InChI is InChI=1S/C16H14Br2N2O2/c1-9-7-11(17)15(12(18)8-9)19-10(2)13-5-4-6-14(20-13)16(21)22-3/h4-8H,1-3H3. The van der Waals surface area contributed by atoms with Gasteiger partial charge in [-0.25, -0.2) is 14.8 Å². The van der Waals surface area contributed by atoms with Gasteiger partial charge in [-0.3, -0.25) is 0 Å². The number of benzene rings is 1. The van der Waals surface area contributed by atoms with Crippen LogP contribution in [-0.2, 0) is 4.74 Å². The number of aryl methyl sites for hydroxylation is 1. The van der Waals surface area contributed by atoms with Gasteiger partial charge < -0.3 is 4.74 Å². The SMILES string of the molecule is COC(=O)c1cccc(C(C)=Nc2c(Br)cc(C)cc2Br)n1. The zero-order chi connectivity index (χ0) is 16.3. The number of aromatic nitrogens is 1. The molecule has 0 N–H and O–H groups in total. The second kappa shape index (κ2) is 7.15. The molecule has 0 amide bonds. The van der Waals surface area contributed by atoms with E-state index in [0.717, 1.165) is 20.2 Å². The molecule has 0 atom stereocenters. The van der Waals surface area contributed by atoms with E-state index >= 15 is 0 Å². The smallest absolute Gasteiger partial charge is 0.356 e. The highest BCUT2D eigenvalue weighted by Gasteiger charge is 2.10. The second-order valence-corrected chi connectivity index (χ2v) is 6.38. The van der Waals surface area contributed by atoms with Crippen molar-refractivity contribution < 1.29 is 9.53 Å². The lowest BCUT2D eigenvalue weighted by Gasteiger charge is -2.07. The molecule has 4 nitrogen and oxygen atoms in total. The fourth-order valence-electron chi connectivity index (χ4n) is 1.88. The monoisotopic (exact) mass is 424 g/mol. The van der Waals surface area contributed by atoms with E-state index in [4.69, 9.17) is 0 Å². The minimum absolute atomic E-state index is 0.261. The summed E-state index contributed by atoms with van der Waals surface area (Å²) in [6, 6.07) is 9.17. The number of hydrogen-bond donors (Lipinski definition) is 0. The van der Waals surface area contributed by atoms with Crippen molar-refractivity contribution in [3.8, 4) is 0 Å². The number of ether oxygens (including phenoxy) is 1. The average Bonchev–Trinajstić information content (AvgIpc) is 2.50. The van der Waals surface area contributed by atoms with Crippen LogP contribution in [0.2, 0.25) is 0 Å². The summed E-state index contributed by atoms with van der Waals surface area (Å²) in [5.41, 5.74) is 3.50. The summed E-state index contributed by atoms with van der Waals surface area (Å²) in [6.45, 7) is 3.86. The molecule has 1 aromatic heterocycles. The number of rotatable bonds is 3. The summed E-state index contributed by atoms with van der Waals surface area (Å²) in [6.07, 6.45) is 0. The molecular weight excluding hydrogens is 412 g/mol. The number of halogens is 2. The zero-order valence-electron chi connectivity index (χ0n) is 12.4. The van der Waals surface area contributed by atoms with Crippen molar-refractivity contribution in [2.75, 3.05) is 7.11 Å². The van der Waals surface area contributed by atoms with Crippen LogP contribution in [0.3, 0.4) is 0 Å². The van der Waals surface area contributed by atoms with Crippen LogP contribution in [0, 0.1) is 6.92 Å². The van der Waals surface area contributed by atoms with Crippen molar-refractivity contribution in [1.82, 2.24) is 4.98 Å². The van der Waals surface area contributed by atoms with Crippen LogP contribution in [0.15, 0.2) is 44.3 Å². The van der Waals surface area contributed by atoms with E-state index in [0.29, 0.717) is 11.4 Å². The van der Waals surface area contributed by atoms with Gasteiger partial charge in [0.15, 0.2) is 0 Å². The Labute approximate surface area is 145 Å². The summed E-state index contributed by atoms with van der Waals surface area (Å²) >= 11 is 7.03. The Bertz CT molecular complexity index is 735. The van der Waals surface area contributed by atoms with E-state index in [9.17, 15) is 4.79 Å². The average molecular weight is 426 g/mol. The predicted molar refractivity (Wildman–Crippen MR) is 94.0 cm³/mol. The quantitative estimate of drug-likeness (QED) is 0.522. The molecule has 1 heterocycles. The van der Waals surface area contributed by atoms with Gasteiger partial charge in [0.1, 0.15) is 5.69 Å². The summed E-state index contributed by atoms with van der Waals surface area (Å²) in [7, 11) is 1.33. The van der Waals surface area contributed by atoms with E-state index < -0.39 is 5.97 Å². The maximum Gasteiger partial charge on any atom is 0.356 e. The summed E-state index contributed by atoms with van der Waals surface area (Å²) in [5, 5.41) is 0. The van der Waals surface area contributed by atoms with E-state index in [2.05, 4.69) is 46.6 Å². The Balaban J connectivity index is 2.44. The molecule has 1 aromatic carbocycles. The third-order valence-corrected chi connectivity index (χ3v) is 4.16. The van der Waals surface area contributed by atoms with Gasteiger partial charge in [-0.2, -0.15) is 0 Å². The largest absolute Gasteiger partial charge is 0.464 e. The van der Waals surface area contributed by atoms with Crippen LogP contribution < -0.4 is 0 Å². The normalized spacial score (nSPS) is 11.4. The lowest BCUT2D eigenvalue weighted by Crippen LogP contribution is -2.08. The highest BCUT2D eigenvalue weighted by molar-refractivity contribution is 9.11. The Morgan fingerprint density at radius 1 is 1.18 bits per heavy atom. The van der Waals surface area contributed by atoms with Gasteiger partial charge in [0.2, 0.25) is 0 Å². The Kier molecular flexibility index (Phi) is 5.47. The molecule has 0 saturated carbocycles. The maximum atomic E-state index is 11.6. The first kappa shape index (κ1) is 16.8. The molecule has 2 aromatic rings. The molecule has 0 radical (unpaired) electrons. The maximum absolute atomic E-state index is 11.6. The fraction of sp³-hybridized carbons (Fsp3) is 0.188. The van der Waals surface area contributed by atoms with Crippen LogP contribution >= 0.6 is 31.9 Å². The first-order valence-electron chi connectivity index (χ1n) is 6.49. The molecule has 0 bridgehead atoms. The summed E-state index contributed by atoms with van der Waals surface area (Å²) in [5.74, 6) is -0.465. The number of methoxy groups -OCH3 is 1. The van der Waals surface area contributed by atoms with Crippen molar-refractivity contribution in [2.45, 2.75) is 13.8 Å². The zero-order valence-corrected chi connectivity index (χ0v) is 15.5. The van der Waals surface area contributed by atoms with Crippen molar-refractivity contribution in [3.63, 3.8) is 0 Å². The third-order valence-electron chi connectivity index (χ3n) is 2.96. The topological polar surface area (TPSA) is 51.5 Å². The minimum Gasteiger partial charge on any atom is -0.464 e. The van der Waals surface area contributed by atoms with E-state index in [1.54, 1.807) is 18.2 Å². The molecule has 114 valence electrons. The van der Waals surface area contributed by atoms with Gasteiger partial charge >= 0.3 is 5.97 Å². The second-order valence-electron chi connectivity index (χ2n) is 4.67. The Hall–Kier alpha value is -1.53. The Morgan fingerprint density at radius 3 is 2.36 bits per heavy atom. The summed E-state index contributed by atoms with van der Waals surface area (Å²) < 4.78 is 6.47. The van der Waals surface area contributed by atoms with Crippen LogP contribution in [0.5, 0.6) is 0 Å². The molecule has 2 rings (SSSR count). The lowest BCUT2D eigenvalue weighted by atomic mass is 10.2. The van der Waals surface area contributed by atoms with Gasteiger partial charge in [-0.05, 0) is 75.5 Å². The number of esters is 1. The number of carbonyl (C=O) groups excluding carboxylic acids is 1. The lowest BCUT2D eigenvalue weighted by molar-refractivity contribution is 0.0594. The first-order chi connectivity index (χ1) is 10.4. The molecule has 6 heteroatoms. The van der Waals surface area contributed by atoms with Crippen LogP contribution in [0.4, 0.5) is 5.69 Å². The van der Waals surface area contributed by atoms with Crippen molar-refractivity contribution in [1.29, 1.82) is 0 Å². The van der Waals surface area contributed by atoms with Crippen molar-refractivity contribution >= 4 is 49.2 Å². The predicted octanol–water partition coefficient (Wildman–Crippen LogP) is 4.84. The molecule has 22 heavy (non-hydrogen) atoms. The van der Waals surface area contributed by atoms with E-state index in [1.807, 2.05) is 26.0 Å². The van der Waals surface area contributed by atoms with E-state index in [-0.39, 0.29) is 5.69 Å². The molecule has 0 spiro atoms. The number of carbonyl (C=O) groups is 1. The highest BCUT2D eigenvalue weighted by Crippen LogP contribution is 2.35. The number of hydrogen-bond acceptors (Lipinski definition) is 4. The van der Waals surface area contributed by atoms with Gasteiger partial charge in [0.25, 0.3) is 0 Å². The first-order valence-corrected chi connectivity index (χ1v) is 8.07. The van der Waals surface area contributed by atoms with Gasteiger partial charge in [0, 0.05) is 8.95 Å². The van der Waals surface area contributed by atoms with E-state index in [1.165, 1.54) is 7.11 Å². The fourth-order valence-corrected chi connectivity index (χ4v) is 3.47. The molecule has 0 aliphatic heterocycles. The van der Waals surface area contributed by atoms with Crippen LogP contribution in [0.25, 0.3) is 0 Å². The molecule has 0 aliphatic rings. The van der Waals surface area contributed by atoms with Gasteiger partial charge in [-0.1, -0.05) is 6.07 Å². The van der Waals surface area contributed by atoms with Crippen molar-refractivity contribution in [2.24, 2.45) is 4.99 Å². The van der Waals surface area contributed by atoms with Gasteiger partial charge in [-0.15, -0.1) is 0 Å². The van der Waals surface area contributed by atoms with Crippen LogP contribution in [-0.4, -0.2) is 23.8 Å². The number of nitrogens with zero attached hydrogens (tertiary/aromatic N) is 2. The number of aliphatic imine (C=N–C) groups is 1. The molecule has 0 aliphatic carbocycles.